The Morgan fingerprint density at radius 1 is 1.69 bits per heavy atom. The van der Waals surface area contributed by atoms with E-state index in [1.165, 1.54) is 0 Å². The van der Waals surface area contributed by atoms with Crippen molar-refractivity contribution in [3.63, 3.8) is 0 Å². The Labute approximate surface area is 77.5 Å². The second-order valence-electron chi connectivity index (χ2n) is 2.79. The van der Waals surface area contributed by atoms with Gasteiger partial charge in [-0.15, -0.1) is 0 Å². The summed E-state index contributed by atoms with van der Waals surface area (Å²) in [5, 5.41) is 0. The van der Waals surface area contributed by atoms with Gasteiger partial charge >= 0.3 is 5.97 Å². The molecule has 1 saturated heterocycles. The van der Waals surface area contributed by atoms with Crippen molar-refractivity contribution in [2.75, 3.05) is 26.4 Å². The van der Waals surface area contributed by atoms with Crippen LogP contribution in [0.15, 0.2) is 12.2 Å². The summed E-state index contributed by atoms with van der Waals surface area (Å²) in [5.41, 5.74) is 0.350. The molecule has 1 fully saturated rings. The van der Waals surface area contributed by atoms with E-state index >= 15 is 0 Å². The van der Waals surface area contributed by atoms with Crippen molar-refractivity contribution in [2.45, 2.75) is 13.0 Å². The average Bonchev–Trinajstić information content (AvgIpc) is 2.88. The van der Waals surface area contributed by atoms with Crippen molar-refractivity contribution in [2.24, 2.45) is 0 Å². The monoisotopic (exact) mass is 186 g/mol. The molecule has 0 amide bonds. The van der Waals surface area contributed by atoms with Gasteiger partial charge in [0.2, 0.25) is 0 Å². The number of esters is 1. The van der Waals surface area contributed by atoms with Gasteiger partial charge in [0.25, 0.3) is 0 Å². The van der Waals surface area contributed by atoms with Crippen LogP contribution in [-0.2, 0) is 19.0 Å². The van der Waals surface area contributed by atoms with E-state index in [1.54, 1.807) is 6.92 Å². The minimum atomic E-state index is -0.390. The van der Waals surface area contributed by atoms with Crippen LogP contribution < -0.4 is 0 Å². The highest BCUT2D eigenvalue weighted by molar-refractivity contribution is 5.87. The largest absolute Gasteiger partial charge is 0.463 e. The molecule has 0 radical (unpaired) electrons. The Kier molecular flexibility index (Phi) is 3.92. The number of epoxide rings is 1. The highest BCUT2D eigenvalue weighted by Gasteiger charge is 2.22. The lowest BCUT2D eigenvalue weighted by atomic mass is 10.3. The van der Waals surface area contributed by atoms with E-state index < -0.39 is 0 Å². The van der Waals surface area contributed by atoms with E-state index in [4.69, 9.17) is 14.2 Å². The molecule has 0 aromatic heterocycles. The highest BCUT2D eigenvalue weighted by atomic mass is 16.6. The zero-order valence-corrected chi connectivity index (χ0v) is 7.75. The molecule has 0 spiro atoms. The molecule has 4 heteroatoms. The van der Waals surface area contributed by atoms with Crippen LogP contribution in [0.4, 0.5) is 0 Å². The van der Waals surface area contributed by atoms with Gasteiger partial charge in [0.05, 0.1) is 32.0 Å². The lowest BCUT2D eigenvalue weighted by Gasteiger charge is -2.04. The zero-order chi connectivity index (χ0) is 9.68. The van der Waals surface area contributed by atoms with Gasteiger partial charge in [-0.05, 0) is 6.92 Å². The predicted molar refractivity (Wildman–Crippen MR) is 46.3 cm³/mol. The topological polar surface area (TPSA) is 48.1 Å². The Balaban J connectivity index is 2.04. The van der Waals surface area contributed by atoms with Gasteiger partial charge in [0, 0.05) is 0 Å². The summed E-state index contributed by atoms with van der Waals surface area (Å²) in [6, 6.07) is 0. The normalized spacial score (nSPS) is 19.6. The van der Waals surface area contributed by atoms with Gasteiger partial charge in [-0.2, -0.15) is 0 Å². The van der Waals surface area contributed by atoms with E-state index in [9.17, 15) is 4.79 Å². The molecule has 4 nitrogen and oxygen atoms in total. The molecule has 1 heterocycles. The minimum absolute atomic E-state index is 0.218. The molecular weight excluding hydrogens is 172 g/mol. The van der Waals surface area contributed by atoms with Gasteiger partial charge in [0.1, 0.15) is 6.10 Å². The fraction of sp³-hybridized carbons (Fsp3) is 0.667. The molecule has 74 valence electrons. The van der Waals surface area contributed by atoms with Crippen LogP contribution in [0.3, 0.4) is 0 Å². The van der Waals surface area contributed by atoms with Gasteiger partial charge in [-0.1, -0.05) is 6.58 Å². The number of hydrogen-bond donors (Lipinski definition) is 0. The first kappa shape index (κ1) is 10.2. The van der Waals surface area contributed by atoms with Crippen LogP contribution in [0, 0.1) is 0 Å². The number of rotatable bonds is 6. The van der Waals surface area contributed by atoms with Gasteiger partial charge in [-0.25, -0.2) is 4.79 Å². The van der Waals surface area contributed by atoms with E-state index in [-0.39, 0.29) is 18.7 Å². The summed E-state index contributed by atoms with van der Waals surface area (Å²) in [7, 11) is 0. The standard InChI is InChI=1S/C9H14O4/c1-3-12-9(10)7(2)4-11-5-8-6-13-8/h8H,2-6H2,1H3. The maximum atomic E-state index is 11.0. The predicted octanol–water partition coefficient (Wildman–Crippen LogP) is 0.521. The number of carbonyl (C=O) groups excluding carboxylic acids is 1. The fourth-order valence-corrected chi connectivity index (χ4v) is 0.770. The summed E-state index contributed by atoms with van der Waals surface area (Å²) < 4.78 is 14.8. The molecule has 1 unspecified atom stereocenters. The summed E-state index contributed by atoms with van der Waals surface area (Å²) in [4.78, 5) is 11.0. The third kappa shape index (κ3) is 4.05. The van der Waals surface area contributed by atoms with E-state index in [2.05, 4.69) is 6.58 Å². The smallest absolute Gasteiger partial charge is 0.335 e. The second kappa shape index (κ2) is 4.99. The molecule has 1 rings (SSSR count). The third-order valence-corrected chi connectivity index (χ3v) is 1.55. The highest BCUT2D eigenvalue weighted by Crippen LogP contribution is 2.09. The molecule has 0 saturated carbocycles. The molecule has 1 aliphatic heterocycles. The molecule has 1 atom stereocenters. The SMILES string of the molecule is C=C(COCC1CO1)C(=O)OCC. The van der Waals surface area contributed by atoms with Crippen LogP contribution in [0.1, 0.15) is 6.92 Å². The Bertz CT molecular complexity index is 196. The summed E-state index contributed by atoms with van der Waals surface area (Å²) >= 11 is 0. The van der Waals surface area contributed by atoms with E-state index in [0.717, 1.165) is 6.61 Å². The molecule has 0 N–H and O–H groups in total. The minimum Gasteiger partial charge on any atom is -0.463 e. The lowest BCUT2D eigenvalue weighted by molar-refractivity contribution is -0.139. The third-order valence-electron chi connectivity index (χ3n) is 1.55. The van der Waals surface area contributed by atoms with Gasteiger partial charge in [-0.3, -0.25) is 0 Å². The molecule has 0 aromatic rings. The van der Waals surface area contributed by atoms with Crippen molar-refractivity contribution >= 4 is 5.97 Å². The van der Waals surface area contributed by atoms with Gasteiger partial charge in [0.15, 0.2) is 0 Å². The van der Waals surface area contributed by atoms with Gasteiger partial charge < -0.3 is 14.2 Å². The quantitative estimate of drug-likeness (QED) is 0.345. The molecule has 0 aliphatic carbocycles. The first-order valence-electron chi connectivity index (χ1n) is 4.28. The summed E-state index contributed by atoms with van der Waals surface area (Å²) in [5.74, 6) is -0.390. The van der Waals surface area contributed by atoms with E-state index in [0.29, 0.717) is 18.8 Å². The van der Waals surface area contributed by atoms with Crippen LogP contribution in [0.25, 0.3) is 0 Å². The molecule has 0 bridgehead atoms. The number of ether oxygens (including phenoxy) is 3. The first-order valence-corrected chi connectivity index (χ1v) is 4.28. The molecular formula is C9H14O4. The van der Waals surface area contributed by atoms with Crippen LogP contribution in [0.5, 0.6) is 0 Å². The maximum Gasteiger partial charge on any atom is 0.335 e. The lowest BCUT2D eigenvalue weighted by Crippen LogP contribution is -2.13. The average molecular weight is 186 g/mol. The first-order chi connectivity index (χ1) is 6.24. The molecule has 13 heavy (non-hydrogen) atoms. The number of hydrogen-bond acceptors (Lipinski definition) is 4. The number of carbonyl (C=O) groups is 1. The summed E-state index contributed by atoms with van der Waals surface area (Å²) in [6.07, 6.45) is 0.218. The van der Waals surface area contributed by atoms with E-state index in [1.807, 2.05) is 0 Å². The molecule has 0 aromatic carbocycles. The van der Waals surface area contributed by atoms with Crippen molar-refractivity contribution in [3.05, 3.63) is 12.2 Å². The Morgan fingerprint density at radius 2 is 2.38 bits per heavy atom. The Hall–Kier alpha value is -0.870. The second-order valence-corrected chi connectivity index (χ2v) is 2.79. The molecule has 1 aliphatic rings. The summed E-state index contributed by atoms with van der Waals surface area (Å²) in [6.45, 7) is 7.17. The van der Waals surface area contributed by atoms with Crippen molar-refractivity contribution in [3.8, 4) is 0 Å². The van der Waals surface area contributed by atoms with Crippen molar-refractivity contribution < 1.29 is 19.0 Å². The van der Waals surface area contributed by atoms with Crippen LogP contribution in [-0.4, -0.2) is 38.5 Å². The fourth-order valence-electron chi connectivity index (χ4n) is 0.770. The van der Waals surface area contributed by atoms with Crippen molar-refractivity contribution in [1.82, 2.24) is 0 Å². The maximum absolute atomic E-state index is 11.0. The van der Waals surface area contributed by atoms with Crippen molar-refractivity contribution in [1.29, 1.82) is 0 Å². The Morgan fingerprint density at radius 3 is 2.92 bits per heavy atom. The zero-order valence-electron chi connectivity index (χ0n) is 7.75. The van der Waals surface area contributed by atoms with Crippen LogP contribution in [0.2, 0.25) is 0 Å². The van der Waals surface area contributed by atoms with Crippen LogP contribution >= 0.6 is 0 Å².